The lowest BCUT2D eigenvalue weighted by Gasteiger charge is -2.06. The zero-order chi connectivity index (χ0) is 10.7. The SMILES string of the molecule is N#Cc1cc(F)c(CBr)c(C(F)F)n1. The molecule has 0 saturated carbocycles. The molecule has 1 heterocycles. The molecule has 0 unspecified atom stereocenters. The second kappa shape index (κ2) is 4.42. The van der Waals surface area contributed by atoms with Gasteiger partial charge in [-0.3, -0.25) is 0 Å². The van der Waals surface area contributed by atoms with E-state index < -0.39 is 17.9 Å². The molecule has 6 heteroatoms. The van der Waals surface area contributed by atoms with E-state index in [1.165, 1.54) is 6.07 Å². The number of nitriles is 1. The van der Waals surface area contributed by atoms with Crippen molar-refractivity contribution in [2.24, 2.45) is 0 Å². The number of hydrogen-bond acceptors (Lipinski definition) is 2. The molecule has 74 valence electrons. The topological polar surface area (TPSA) is 36.7 Å². The Labute approximate surface area is 86.5 Å². The van der Waals surface area contributed by atoms with Gasteiger partial charge in [-0.15, -0.1) is 0 Å². The van der Waals surface area contributed by atoms with Crippen molar-refractivity contribution >= 4 is 15.9 Å². The maximum Gasteiger partial charge on any atom is 0.280 e. The van der Waals surface area contributed by atoms with Gasteiger partial charge in [-0.1, -0.05) is 15.9 Å². The molecule has 0 aliphatic heterocycles. The van der Waals surface area contributed by atoms with Gasteiger partial charge in [0.2, 0.25) is 0 Å². The summed E-state index contributed by atoms with van der Waals surface area (Å²) in [5.41, 5.74) is -1.24. The molecule has 0 atom stereocenters. The quantitative estimate of drug-likeness (QED) is 0.771. The highest BCUT2D eigenvalue weighted by molar-refractivity contribution is 9.08. The Kier molecular flexibility index (Phi) is 3.47. The molecule has 0 amide bonds. The zero-order valence-corrected chi connectivity index (χ0v) is 8.35. The van der Waals surface area contributed by atoms with Crippen molar-refractivity contribution in [3.8, 4) is 6.07 Å². The highest BCUT2D eigenvalue weighted by Crippen LogP contribution is 2.25. The van der Waals surface area contributed by atoms with Gasteiger partial charge in [0, 0.05) is 17.0 Å². The van der Waals surface area contributed by atoms with Crippen LogP contribution in [0.5, 0.6) is 0 Å². The molecular formula is C8H4BrF3N2. The summed E-state index contributed by atoms with van der Waals surface area (Å²) < 4.78 is 37.8. The normalized spacial score (nSPS) is 10.3. The highest BCUT2D eigenvalue weighted by atomic mass is 79.9. The van der Waals surface area contributed by atoms with E-state index in [1.54, 1.807) is 0 Å². The number of nitrogens with zero attached hydrogens (tertiary/aromatic N) is 2. The number of halogens is 4. The molecule has 0 aliphatic rings. The van der Waals surface area contributed by atoms with E-state index in [2.05, 4.69) is 20.9 Å². The predicted molar refractivity (Wildman–Crippen MR) is 46.5 cm³/mol. The Hall–Kier alpha value is -1.09. The summed E-state index contributed by atoms with van der Waals surface area (Å²) in [7, 11) is 0. The second-order valence-corrected chi connectivity index (χ2v) is 2.96. The molecule has 0 bridgehead atoms. The van der Waals surface area contributed by atoms with Crippen molar-refractivity contribution < 1.29 is 13.2 Å². The van der Waals surface area contributed by atoms with Gasteiger partial charge < -0.3 is 0 Å². The van der Waals surface area contributed by atoms with Crippen molar-refractivity contribution in [2.75, 3.05) is 0 Å². The summed E-state index contributed by atoms with van der Waals surface area (Å²) in [5, 5.41) is 8.34. The maximum absolute atomic E-state index is 13.1. The Morgan fingerprint density at radius 3 is 2.64 bits per heavy atom. The van der Waals surface area contributed by atoms with Gasteiger partial charge in [-0.25, -0.2) is 18.2 Å². The zero-order valence-electron chi connectivity index (χ0n) is 6.77. The van der Waals surface area contributed by atoms with E-state index in [-0.39, 0.29) is 16.6 Å². The molecule has 1 aromatic heterocycles. The van der Waals surface area contributed by atoms with Crippen LogP contribution in [0.15, 0.2) is 6.07 Å². The number of hydrogen-bond donors (Lipinski definition) is 0. The highest BCUT2D eigenvalue weighted by Gasteiger charge is 2.19. The fourth-order valence-electron chi connectivity index (χ4n) is 0.929. The third-order valence-electron chi connectivity index (χ3n) is 1.56. The first-order chi connectivity index (χ1) is 6.60. The van der Waals surface area contributed by atoms with Gasteiger partial charge in [-0.2, -0.15) is 5.26 Å². The van der Waals surface area contributed by atoms with E-state index in [0.29, 0.717) is 0 Å². The van der Waals surface area contributed by atoms with Gasteiger partial charge in [0.05, 0.1) is 0 Å². The van der Waals surface area contributed by atoms with Crippen LogP contribution in [0.4, 0.5) is 13.2 Å². The Morgan fingerprint density at radius 2 is 2.21 bits per heavy atom. The van der Waals surface area contributed by atoms with Crippen LogP contribution in [0.3, 0.4) is 0 Å². The summed E-state index contributed by atoms with van der Waals surface area (Å²) in [5.74, 6) is -0.844. The van der Waals surface area contributed by atoms with Gasteiger partial charge >= 0.3 is 0 Å². The lowest BCUT2D eigenvalue weighted by molar-refractivity contribution is 0.144. The van der Waals surface area contributed by atoms with E-state index in [0.717, 1.165) is 6.07 Å². The first kappa shape index (κ1) is 11.0. The van der Waals surface area contributed by atoms with E-state index in [9.17, 15) is 13.2 Å². The maximum atomic E-state index is 13.1. The standard InChI is InChI=1S/C8H4BrF3N2/c9-2-5-6(10)1-4(3-13)14-7(5)8(11)12/h1,8H,2H2. The fourth-order valence-corrected chi connectivity index (χ4v) is 1.48. The summed E-state index contributed by atoms with van der Waals surface area (Å²) in [4.78, 5) is 3.34. The van der Waals surface area contributed by atoms with E-state index in [1.807, 2.05) is 0 Å². The van der Waals surface area contributed by atoms with E-state index in [4.69, 9.17) is 5.26 Å². The van der Waals surface area contributed by atoms with Crippen LogP contribution < -0.4 is 0 Å². The Balaban J connectivity index is 3.37. The molecule has 1 rings (SSSR count). The Bertz CT molecular complexity index is 387. The predicted octanol–water partition coefficient (Wildman–Crippen LogP) is 2.92. The fraction of sp³-hybridized carbons (Fsp3) is 0.250. The minimum atomic E-state index is -2.88. The molecule has 0 spiro atoms. The number of aromatic nitrogens is 1. The van der Waals surface area contributed by atoms with Crippen molar-refractivity contribution in [3.63, 3.8) is 0 Å². The molecule has 0 aromatic carbocycles. The van der Waals surface area contributed by atoms with Crippen molar-refractivity contribution in [1.29, 1.82) is 5.26 Å². The number of pyridine rings is 1. The lowest BCUT2D eigenvalue weighted by atomic mass is 10.2. The summed E-state index contributed by atoms with van der Waals surface area (Å²) in [6.07, 6.45) is -2.88. The molecule has 0 aliphatic carbocycles. The molecule has 0 saturated heterocycles. The van der Waals surface area contributed by atoms with Crippen LogP contribution in [-0.4, -0.2) is 4.98 Å². The van der Waals surface area contributed by atoms with Gasteiger partial charge in [0.25, 0.3) is 6.43 Å². The molecule has 2 nitrogen and oxygen atoms in total. The lowest BCUT2D eigenvalue weighted by Crippen LogP contribution is -2.02. The number of rotatable bonds is 2. The number of alkyl halides is 3. The minimum Gasteiger partial charge on any atom is -0.236 e. The molecule has 0 fully saturated rings. The molecule has 0 N–H and O–H groups in total. The van der Waals surface area contributed by atoms with Crippen LogP contribution in [0, 0.1) is 17.1 Å². The monoisotopic (exact) mass is 264 g/mol. The first-order valence-electron chi connectivity index (χ1n) is 3.53. The smallest absolute Gasteiger partial charge is 0.236 e. The van der Waals surface area contributed by atoms with Crippen molar-refractivity contribution in [1.82, 2.24) is 4.98 Å². The average Bonchev–Trinajstić information content (AvgIpc) is 2.16. The average molecular weight is 265 g/mol. The summed E-state index contributed by atoms with van der Waals surface area (Å²) in [6.45, 7) is 0. The minimum absolute atomic E-state index is 0.0583. The molecule has 14 heavy (non-hydrogen) atoms. The molecular weight excluding hydrogens is 261 g/mol. The summed E-state index contributed by atoms with van der Waals surface area (Å²) in [6, 6.07) is 2.35. The van der Waals surface area contributed by atoms with Crippen LogP contribution in [0.2, 0.25) is 0 Å². The van der Waals surface area contributed by atoms with Crippen LogP contribution in [0.25, 0.3) is 0 Å². The third-order valence-corrected chi connectivity index (χ3v) is 2.12. The largest absolute Gasteiger partial charge is 0.280 e. The van der Waals surface area contributed by atoms with Gasteiger partial charge in [-0.05, 0) is 0 Å². The van der Waals surface area contributed by atoms with Crippen molar-refractivity contribution in [2.45, 2.75) is 11.8 Å². The van der Waals surface area contributed by atoms with Crippen LogP contribution in [-0.2, 0) is 5.33 Å². The van der Waals surface area contributed by atoms with Crippen LogP contribution in [0.1, 0.15) is 23.4 Å². The molecule has 0 radical (unpaired) electrons. The van der Waals surface area contributed by atoms with Crippen LogP contribution >= 0.6 is 15.9 Å². The first-order valence-corrected chi connectivity index (χ1v) is 4.65. The molecule has 1 aromatic rings. The van der Waals surface area contributed by atoms with E-state index >= 15 is 0 Å². The summed E-state index contributed by atoms with van der Waals surface area (Å²) >= 11 is 2.88. The van der Waals surface area contributed by atoms with Crippen molar-refractivity contribution in [3.05, 3.63) is 28.8 Å². The van der Waals surface area contributed by atoms with Gasteiger partial charge in [0.1, 0.15) is 23.3 Å². The third kappa shape index (κ3) is 2.04. The Morgan fingerprint density at radius 1 is 1.57 bits per heavy atom. The second-order valence-electron chi connectivity index (χ2n) is 2.40. The van der Waals surface area contributed by atoms with Gasteiger partial charge in [0.15, 0.2) is 0 Å².